The van der Waals surface area contributed by atoms with Gasteiger partial charge in [-0.15, -0.1) is 0 Å². The largest absolute Gasteiger partial charge is 0.497 e. The highest BCUT2D eigenvalue weighted by molar-refractivity contribution is 9.10. The molecule has 0 bridgehead atoms. The summed E-state index contributed by atoms with van der Waals surface area (Å²) < 4.78 is 46.2. The van der Waals surface area contributed by atoms with Gasteiger partial charge in [0, 0.05) is 22.5 Å². The zero-order chi connectivity index (χ0) is 19.8. The van der Waals surface area contributed by atoms with E-state index in [1.54, 1.807) is 31.4 Å². The Labute approximate surface area is 168 Å². The average molecular weight is 456 g/mol. The van der Waals surface area contributed by atoms with Gasteiger partial charge in [0.25, 0.3) is 0 Å². The summed E-state index contributed by atoms with van der Waals surface area (Å²) in [4.78, 5) is 0.0822. The van der Waals surface area contributed by atoms with Crippen molar-refractivity contribution in [2.75, 3.05) is 14.2 Å². The van der Waals surface area contributed by atoms with Crippen molar-refractivity contribution in [2.45, 2.75) is 36.8 Å². The SMILES string of the molecule is COc1ccc2c(c1)OC(C)(C)C[C@@H]2NS(=O)(=O)c1cc(Br)ccc1OC. The van der Waals surface area contributed by atoms with E-state index < -0.39 is 21.7 Å². The molecular weight excluding hydrogens is 434 g/mol. The van der Waals surface area contributed by atoms with Gasteiger partial charge in [0.1, 0.15) is 27.7 Å². The molecule has 146 valence electrons. The summed E-state index contributed by atoms with van der Waals surface area (Å²) in [5.41, 5.74) is 0.237. The summed E-state index contributed by atoms with van der Waals surface area (Å²) in [5.74, 6) is 1.55. The van der Waals surface area contributed by atoms with E-state index in [2.05, 4.69) is 20.7 Å². The van der Waals surface area contributed by atoms with Gasteiger partial charge < -0.3 is 14.2 Å². The number of halogens is 1. The van der Waals surface area contributed by atoms with Gasteiger partial charge in [-0.3, -0.25) is 0 Å². The van der Waals surface area contributed by atoms with Crippen LogP contribution < -0.4 is 18.9 Å². The van der Waals surface area contributed by atoms with E-state index in [0.717, 1.165) is 5.56 Å². The average Bonchev–Trinajstić information content (AvgIpc) is 2.59. The third kappa shape index (κ3) is 4.23. The van der Waals surface area contributed by atoms with Crippen molar-refractivity contribution in [3.63, 3.8) is 0 Å². The van der Waals surface area contributed by atoms with Gasteiger partial charge in [-0.2, -0.15) is 0 Å². The van der Waals surface area contributed by atoms with Crippen molar-refractivity contribution in [2.24, 2.45) is 0 Å². The molecule has 6 nitrogen and oxygen atoms in total. The number of ether oxygens (including phenoxy) is 3. The second kappa shape index (κ2) is 7.33. The minimum Gasteiger partial charge on any atom is -0.497 e. The van der Waals surface area contributed by atoms with Crippen molar-refractivity contribution in [3.8, 4) is 17.2 Å². The van der Waals surface area contributed by atoms with E-state index in [-0.39, 0.29) is 10.6 Å². The van der Waals surface area contributed by atoms with E-state index in [9.17, 15) is 8.42 Å². The topological polar surface area (TPSA) is 73.9 Å². The Bertz CT molecular complexity index is 959. The fraction of sp³-hybridized carbons (Fsp3) is 0.368. The van der Waals surface area contributed by atoms with Crippen LogP contribution in [0.1, 0.15) is 31.9 Å². The van der Waals surface area contributed by atoms with Crippen LogP contribution in [-0.2, 0) is 10.0 Å². The molecule has 0 saturated carbocycles. The Hall–Kier alpha value is -1.77. The Morgan fingerprint density at radius 2 is 1.89 bits per heavy atom. The van der Waals surface area contributed by atoms with Crippen LogP contribution in [0.2, 0.25) is 0 Å². The molecule has 1 atom stereocenters. The first kappa shape index (κ1) is 20.0. The van der Waals surface area contributed by atoms with Gasteiger partial charge in [0.2, 0.25) is 10.0 Å². The summed E-state index contributed by atoms with van der Waals surface area (Å²) in [5, 5.41) is 0. The van der Waals surface area contributed by atoms with E-state index in [0.29, 0.717) is 22.4 Å². The van der Waals surface area contributed by atoms with Gasteiger partial charge in [-0.25, -0.2) is 13.1 Å². The van der Waals surface area contributed by atoms with Crippen LogP contribution in [0.5, 0.6) is 17.2 Å². The maximum atomic E-state index is 13.1. The molecule has 1 N–H and O–H groups in total. The van der Waals surface area contributed by atoms with Crippen LogP contribution in [0.25, 0.3) is 0 Å². The molecule has 0 radical (unpaired) electrons. The molecule has 0 amide bonds. The third-order valence-corrected chi connectivity index (χ3v) is 6.38. The molecule has 0 fully saturated rings. The Morgan fingerprint density at radius 1 is 1.15 bits per heavy atom. The minimum absolute atomic E-state index is 0.0822. The first-order chi connectivity index (χ1) is 12.6. The predicted molar refractivity (Wildman–Crippen MR) is 106 cm³/mol. The van der Waals surface area contributed by atoms with Crippen molar-refractivity contribution >= 4 is 26.0 Å². The van der Waals surface area contributed by atoms with E-state index >= 15 is 0 Å². The van der Waals surface area contributed by atoms with Crippen molar-refractivity contribution in [3.05, 3.63) is 46.4 Å². The monoisotopic (exact) mass is 455 g/mol. The standard InChI is InChI=1S/C19H22BrNO5S/c1-19(2)11-15(14-7-6-13(24-3)10-17(14)26-19)21-27(22,23)18-9-12(20)5-8-16(18)25-4/h5-10,15,21H,11H2,1-4H3/t15-/m0/s1. The smallest absolute Gasteiger partial charge is 0.244 e. The Balaban J connectivity index is 2.01. The zero-order valence-electron chi connectivity index (χ0n) is 15.6. The maximum absolute atomic E-state index is 13.1. The normalized spacial score (nSPS) is 18.3. The molecule has 0 saturated heterocycles. The molecule has 1 heterocycles. The lowest BCUT2D eigenvalue weighted by Gasteiger charge is -2.37. The van der Waals surface area contributed by atoms with Gasteiger partial charge in [0.05, 0.1) is 20.3 Å². The van der Waals surface area contributed by atoms with Crippen molar-refractivity contribution in [1.82, 2.24) is 4.72 Å². The number of fused-ring (bicyclic) bond motifs is 1. The van der Waals surface area contributed by atoms with Gasteiger partial charge in [-0.05, 0) is 38.1 Å². The molecule has 27 heavy (non-hydrogen) atoms. The molecule has 2 aromatic rings. The van der Waals surface area contributed by atoms with Crippen LogP contribution in [0, 0.1) is 0 Å². The first-order valence-electron chi connectivity index (χ1n) is 8.38. The number of benzene rings is 2. The lowest BCUT2D eigenvalue weighted by atomic mass is 9.90. The molecule has 0 unspecified atom stereocenters. The Morgan fingerprint density at radius 3 is 2.56 bits per heavy atom. The van der Waals surface area contributed by atoms with E-state index in [1.165, 1.54) is 13.2 Å². The quantitative estimate of drug-likeness (QED) is 0.735. The van der Waals surface area contributed by atoms with Crippen molar-refractivity contribution in [1.29, 1.82) is 0 Å². The van der Waals surface area contributed by atoms with Crippen LogP contribution in [-0.4, -0.2) is 28.2 Å². The number of methoxy groups -OCH3 is 2. The summed E-state index contributed by atoms with van der Waals surface area (Å²) in [7, 11) is -0.801. The highest BCUT2D eigenvalue weighted by Gasteiger charge is 2.37. The van der Waals surface area contributed by atoms with E-state index in [1.807, 2.05) is 19.9 Å². The highest BCUT2D eigenvalue weighted by Crippen LogP contribution is 2.42. The molecule has 0 spiro atoms. The molecule has 8 heteroatoms. The molecule has 0 aromatic heterocycles. The second-order valence-electron chi connectivity index (χ2n) is 6.94. The van der Waals surface area contributed by atoms with Gasteiger partial charge in [0.15, 0.2) is 0 Å². The molecule has 1 aliphatic heterocycles. The maximum Gasteiger partial charge on any atom is 0.244 e. The number of sulfonamides is 1. The van der Waals surface area contributed by atoms with Crippen LogP contribution >= 0.6 is 15.9 Å². The predicted octanol–water partition coefficient (Wildman–Crippen LogP) is 4.05. The number of hydrogen-bond donors (Lipinski definition) is 1. The first-order valence-corrected chi connectivity index (χ1v) is 10.7. The summed E-state index contributed by atoms with van der Waals surface area (Å²) in [6.45, 7) is 3.85. The highest BCUT2D eigenvalue weighted by atomic mass is 79.9. The van der Waals surface area contributed by atoms with Crippen LogP contribution in [0.4, 0.5) is 0 Å². The second-order valence-corrected chi connectivity index (χ2v) is 9.54. The molecule has 2 aromatic carbocycles. The van der Waals surface area contributed by atoms with Gasteiger partial charge >= 0.3 is 0 Å². The van der Waals surface area contributed by atoms with Crippen LogP contribution in [0.15, 0.2) is 45.8 Å². The minimum atomic E-state index is -3.83. The molecular formula is C19H22BrNO5S. The summed E-state index contributed by atoms with van der Waals surface area (Å²) in [6.07, 6.45) is 0.488. The van der Waals surface area contributed by atoms with Crippen molar-refractivity contribution < 1.29 is 22.6 Å². The molecule has 0 aliphatic carbocycles. The number of nitrogens with one attached hydrogen (secondary N) is 1. The third-order valence-electron chi connectivity index (χ3n) is 4.39. The fourth-order valence-corrected chi connectivity index (χ4v) is 5.10. The molecule has 3 rings (SSSR count). The number of hydrogen-bond acceptors (Lipinski definition) is 5. The lowest BCUT2D eigenvalue weighted by Crippen LogP contribution is -2.41. The van der Waals surface area contributed by atoms with Crippen LogP contribution in [0.3, 0.4) is 0 Å². The summed E-state index contributed by atoms with van der Waals surface area (Å²) >= 11 is 3.32. The Kier molecular flexibility index (Phi) is 5.42. The number of rotatable bonds is 5. The fourth-order valence-electron chi connectivity index (χ4n) is 3.18. The lowest BCUT2D eigenvalue weighted by molar-refractivity contribution is 0.0698. The zero-order valence-corrected chi connectivity index (χ0v) is 18.0. The van der Waals surface area contributed by atoms with E-state index in [4.69, 9.17) is 14.2 Å². The summed E-state index contributed by atoms with van der Waals surface area (Å²) in [6, 6.07) is 9.83. The van der Waals surface area contributed by atoms with Gasteiger partial charge in [-0.1, -0.05) is 22.0 Å². The molecule has 1 aliphatic rings.